The zero-order chi connectivity index (χ0) is 24.5. The van der Waals surface area contributed by atoms with Gasteiger partial charge in [0.15, 0.2) is 11.5 Å². The van der Waals surface area contributed by atoms with E-state index in [0.717, 1.165) is 23.3 Å². The molecule has 1 fully saturated rings. The monoisotopic (exact) mass is 475 g/mol. The fraction of sp³-hybridized carbons (Fsp3) is 0.231. The number of carbonyl (C=O) groups is 1. The maximum atomic E-state index is 14.1. The van der Waals surface area contributed by atoms with Crippen molar-refractivity contribution in [2.75, 3.05) is 31.1 Å². The van der Waals surface area contributed by atoms with Gasteiger partial charge in [-0.05, 0) is 36.8 Å². The minimum Gasteiger partial charge on any atom is -0.348 e. The smallest absolute Gasteiger partial charge is 0.295 e. The number of anilines is 1. The van der Waals surface area contributed by atoms with Gasteiger partial charge in [0.1, 0.15) is 22.7 Å². The minimum atomic E-state index is -0.889. The topological polar surface area (TPSA) is 71.3 Å². The minimum absolute atomic E-state index is 0.205. The summed E-state index contributed by atoms with van der Waals surface area (Å²) in [6.07, 6.45) is 1.63. The molecule has 0 N–H and O–H groups in total. The number of aryl methyl sites for hydroxylation is 1. The SMILES string of the molecule is Cc1ccc(Cn2c(=O)c(N3CCN(C(=O)c4c(F)cccc4F)CC3)nc3cccnc32)cc1. The van der Waals surface area contributed by atoms with Gasteiger partial charge in [-0.25, -0.2) is 18.7 Å². The summed E-state index contributed by atoms with van der Waals surface area (Å²) in [6, 6.07) is 14.9. The second kappa shape index (κ2) is 9.25. The normalized spacial score (nSPS) is 13.9. The Balaban J connectivity index is 1.43. The van der Waals surface area contributed by atoms with Crippen molar-refractivity contribution in [1.29, 1.82) is 0 Å². The largest absolute Gasteiger partial charge is 0.348 e. The standard InChI is InChI=1S/C26H23F2N5O2/c1-17-7-9-18(10-8-17)16-33-23-21(6-3-11-29-23)30-24(26(33)35)31-12-14-32(15-13-31)25(34)22-19(27)4-2-5-20(22)28/h2-11H,12-16H2,1H3. The molecule has 35 heavy (non-hydrogen) atoms. The molecule has 0 unspecified atom stereocenters. The van der Waals surface area contributed by atoms with E-state index in [0.29, 0.717) is 30.8 Å². The summed E-state index contributed by atoms with van der Waals surface area (Å²) in [4.78, 5) is 38.4. The van der Waals surface area contributed by atoms with Crippen molar-refractivity contribution in [2.24, 2.45) is 0 Å². The molecule has 0 atom stereocenters. The van der Waals surface area contributed by atoms with Crippen molar-refractivity contribution in [3.63, 3.8) is 0 Å². The first-order chi connectivity index (χ1) is 16.9. The van der Waals surface area contributed by atoms with Crippen molar-refractivity contribution >= 4 is 22.9 Å². The molecule has 1 aliphatic heterocycles. The van der Waals surface area contributed by atoms with Crippen LogP contribution in [0.4, 0.5) is 14.6 Å². The molecule has 1 aliphatic rings. The molecule has 178 valence electrons. The van der Waals surface area contributed by atoms with E-state index in [2.05, 4.69) is 9.97 Å². The first kappa shape index (κ1) is 22.6. The van der Waals surface area contributed by atoms with Crippen LogP contribution in [0.5, 0.6) is 0 Å². The summed E-state index contributed by atoms with van der Waals surface area (Å²) in [5.41, 5.74) is 2.33. The Morgan fingerprint density at radius 1 is 0.943 bits per heavy atom. The number of piperazine rings is 1. The van der Waals surface area contributed by atoms with E-state index in [1.165, 1.54) is 11.0 Å². The number of aromatic nitrogens is 3. The third-order valence-corrected chi connectivity index (χ3v) is 6.19. The van der Waals surface area contributed by atoms with Crippen molar-refractivity contribution < 1.29 is 13.6 Å². The molecule has 1 saturated heterocycles. The molecule has 7 nitrogen and oxygen atoms in total. The Morgan fingerprint density at radius 3 is 2.31 bits per heavy atom. The van der Waals surface area contributed by atoms with E-state index in [4.69, 9.17) is 0 Å². The maximum absolute atomic E-state index is 14.1. The van der Waals surface area contributed by atoms with Crippen LogP contribution < -0.4 is 10.5 Å². The van der Waals surface area contributed by atoms with E-state index >= 15 is 0 Å². The number of fused-ring (bicyclic) bond motifs is 1. The molecule has 4 aromatic rings. The van der Waals surface area contributed by atoms with Gasteiger partial charge in [-0.1, -0.05) is 35.9 Å². The number of nitrogens with zero attached hydrogens (tertiary/aromatic N) is 5. The van der Waals surface area contributed by atoms with Crippen molar-refractivity contribution in [3.8, 4) is 0 Å². The number of rotatable bonds is 4. The number of hydrogen-bond acceptors (Lipinski definition) is 5. The van der Waals surface area contributed by atoms with Gasteiger partial charge in [0.2, 0.25) is 0 Å². The second-order valence-electron chi connectivity index (χ2n) is 8.53. The predicted octanol–water partition coefficient (Wildman–Crippen LogP) is 3.39. The van der Waals surface area contributed by atoms with Crippen LogP contribution in [0, 0.1) is 18.6 Å². The summed E-state index contributed by atoms with van der Waals surface area (Å²) < 4.78 is 29.8. The van der Waals surface area contributed by atoms with Crippen LogP contribution in [0.3, 0.4) is 0 Å². The first-order valence-corrected chi connectivity index (χ1v) is 11.3. The van der Waals surface area contributed by atoms with Crippen molar-refractivity contribution in [1.82, 2.24) is 19.4 Å². The number of amides is 1. The fourth-order valence-electron chi connectivity index (χ4n) is 4.27. The summed E-state index contributed by atoms with van der Waals surface area (Å²) in [7, 11) is 0. The van der Waals surface area contributed by atoms with Gasteiger partial charge in [0.25, 0.3) is 11.5 Å². The quantitative estimate of drug-likeness (QED) is 0.453. The molecule has 2 aromatic heterocycles. The Hall–Kier alpha value is -4.14. The molecule has 5 rings (SSSR count). The Morgan fingerprint density at radius 2 is 1.63 bits per heavy atom. The average Bonchev–Trinajstić information content (AvgIpc) is 2.87. The Labute approximate surface area is 200 Å². The molecule has 0 aliphatic carbocycles. The maximum Gasteiger partial charge on any atom is 0.295 e. The summed E-state index contributed by atoms with van der Waals surface area (Å²) in [5.74, 6) is -2.21. The van der Waals surface area contributed by atoms with Crippen LogP contribution in [0.1, 0.15) is 21.5 Å². The lowest BCUT2D eigenvalue weighted by molar-refractivity contribution is 0.0736. The van der Waals surface area contributed by atoms with Crippen molar-refractivity contribution in [2.45, 2.75) is 13.5 Å². The summed E-state index contributed by atoms with van der Waals surface area (Å²) in [6.45, 7) is 3.36. The van der Waals surface area contributed by atoms with Gasteiger partial charge in [0.05, 0.1) is 6.54 Å². The lowest BCUT2D eigenvalue weighted by atomic mass is 10.1. The lowest BCUT2D eigenvalue weighted by Crippen LogP contribution is -2.51. The summed E-state index contributed by atoms with van der Waals surface area (Å²) >= 11 is 0. The molecule has 0 bridgehead atoms. The van der Waals surface area contributed by atoms with E-state index in [-0.39, 0.29) is 24.5 Å². The third kappa shape index (κ3) is 4.37. The van der Waals surface area contributed by atoms with E-state index in [1.807, 2.05) is 36.1 Å². The molecule has 0 spiro atoms. The van der Waals surface area contributed by atoms with Crippen LogP contribution >= 0.6 is 0 Å². The predicted molar refractivity (Wildman–Crippen MR) is 129 cm³/mol. The molecule has 9 heteroatoms. The second-order valence-corrected chi connectivity index (χ2v) is 8.53. The van der Waals surface area contributed by atoms with E-state index in [9.17, 15) is 18.4 Å². The van der Waals surface area contributed by atoms with Gasteiger partial charge in [-0.3, -0.25) is 14.2 Å². The van der Waals surface area contributed by atoms with Gasteiger partial charge in [-0.2, -0.15) is 0 Å². The lowest BCUT2D eigenvalue weighted by Gasteiger charge is -2.35. The molecule has 2 aromatic carbocycles. The van der Waals surface area contributed by atoms with Crippen molar-refractivity contribution in [3.05, 3.63) is 99.5 Å². The van der Waals surface area contributed by atoms with Gasteiger partial charge < -0.3 is 9.80 Å². The molecule has 0 saturated carbocycles. The fourth-order valence-corrected chi connectivity index (χ4v) is 4.27. The number of halogens is 2. The van der Waals surface area contributed by atoms with Gasteiger partial charge in [0, 0.05) is 32.4 Å². The number of benzene rings is 2. The van der Waals surface area contributed by atoms with Crippen LogP contribution in [-0.4, -0.2) is 51.5 Å². The van der Waals surface area contributed by atoms with Crippen LogP contribution in [0.2, 0.25) is 0 Å². The highest BCUT2D eigenvalue weighted by molar-refractivity contribution is 5.95. The number of carbonyl (C=O) groups excluding carboxylic acids is 1. The zero-order valence-electron chi connectivity index (χ0n) is 19.1. The average molecular weight is 475 g/mol. The number of pyridine rings is 1. The Kier molecular flexibility index (Phi) is 5.98. The zero-order valence-corrected chi connectivity index (χ0v) is 19.1. The van der Waals surface area contributed by atoms with E-state index < -0.39 is 23.1 Å². The molecule has 1 amide bonds. The molecular weight excluding hydrogens is 452 g/mol. The molecular formula is C26H23F2N5O2. The highest BCUT2D eigenvalue weighted by atomic mass is 19.1. The first-order valence-electron chi connectivity index (χ1n) is 11.3. The Bertz CT molecular complexity index is 1440. The molecule has 0 radical (unpaired) electrons. The molecule has 3 heterocycles. The number of hydrogen-bond donors (Lipinski definition) is 0. The van der Waals surface area contributed by atoms with Crippen LogP contribution in [-0.2, 0) is 6.54 Å². The van der Waals surface area contributed by atoms with Gasteiger partial charge in [-0.15, -0.1) is 0 Å². The van der Waals surface area contributed by atoms with E-state index in [1.54, 1.807) is 22.9 Å². The van der Waals surface area contributed by atoms with Gasteiger partial charge >= 0.3 is 0 Å². The highest BCUT2D eigenvalue weighted by Crippen LogP contribution is 2.19. The summed E-state index contributed by atoms with van der Waals surface area (Å²) in [5, 5.41) is 0. The van der Waals surface area contributed by atoms with Crippen LogP contribution in [0.15, 0.2) is 65.6 Å². The highest BCUT2D eigenvalue weighted by Gasteiger charge is 2.28. The van der Waals surface area contributed by atoms with Crippen LogP contribution in [0.25, 0.3) is 11.2 Å². The third-order valence-electron chi connectivity index (χ3n) is 6.19.